The highest BCUT2D eigenvalue weighted by atomic mass is 31.2. The van der Waals surface area contributed by atoms with Gasteiger partial charge in [0.2, 0.25) is 0 Å². The quantitative estimate of drug-likeness (QED) is 0.110. The second-order valence-electron chi connectivity index (χ2n) is 7.77. The third-order valence-corrected chi connectivity index (χ3v) is 6.52. The van der Waals surface area contributed by atoms with Crippen molar-refractivity contribution >= 4 is 7.60 Å². The number of unbranched alkanes of at least 4 members (excludes halogenated alkanes) is 17. The Hall–Kier alpha value is 0.0200. The van der Waals surface area contributed by atoms with Crippen LogP contribution in [0.5, 0.6) is 0 Å². The predicted molar refractivity (Wildman–Crippen MR) is 119 cm³/mol. The fourth-order valence-electron chi connectivity index (χ4n) is 3.30. The first-order valence-corrected chi connectivity index (χ1v) is 13.3. The summed E-state index contributed by atoms with van der Waals surface area (Å²) in [5, 5.41) is 0. The van der Waals surface area contributed by atoms with Crippen LogP contribution >= 0.6 is 7.60 Å². The lowest BCUT2D eigenvalue weighted by Gasteiger charge is -2.21. The fourth-order valence-corrected chi connectivity index (χ4v) is 3.89. The van der Waals surface area contributed by atoms with Crippen LogP contribution in [0.3, 0.4) is 0 Å². The third-order valence-electron chi connectivity index (χ3n) is 5.17. The summed E-state index contributed by atoms with van der Waals surface area (Å²) in [7, 11) is -3.52. The summed E-state index contributed by atoms with van der Waals surface area (Å²) in [5.74, 6) is 0. The second kappa shape index (κ2) is 22.3. The summed E-state index contributed by atoms with van der Waals surface area (Å²) in [6.07, 6.45) is 24.3. The standard InChI is InChI=1S/C22H47O3P.CH3/c1-3-5-6-7-8-9-10-11-12-13-14-15-16-17-18-19-20-21-22-25-26(23,24)4-2;/h3-22H2,1-2H3,(H,23,24);1H3/q;+1/p-1. The van der Waals surface area contributed by atoms with Crippen LogP contribution < -0.4 is 4.89 Å². The Morgan fingerprint density at radius 1 is 0.593 bits per heavy atom. The number of hydrogen-bond donors (Lipinski definition) is 0. The van der Waals surface area contributed by atoms with Crippen LogP contribution in [0.4, 0.5) is 0 Å². The van der Waals surface area contributed by atoms with Crippen LogP contribution in [0.2, 0.25) is 0 Å². The van der Waals surface area contributed by atoms with Gasteiger partial charge in [0.05, 0.1) is 6.61 Å². The van der Waals surface area contributed by atoms with Gasteiger partial charge in [-0.1, -0.05) is 123 Å². The minimum atomic E-state index is -3.52. The van der Waals surface area contributed by atoms with Gasteiger partial charge in [0, 0.05) is 13.6 Å². The maximum atomic E-state index is 11.2. The predicted octanol–water partition coefficient (Wildman–Crippen LogP) is 8.07. The Balaban J connectivity index is 0. The molecule has 1 atom stereocenters. The molecule has 0 rings (SSSR count). The van der Waals surface area contributed by atoms with Crippen LogP contribution in [0, 0.1) is 7.43 Å². The van der Waals surface area contributed by atoms with Crippen LogP contribution in [0.25, 0.3) is 0 Å². The maximum absolute atomic E-state index is 11.2. The van der Waals surface area contributed by atoms with E-state index in [1.807, 2.05) is 0 Å². The van der Waals surface area contributed by atoms with Crippen LogP contribution in [-0.2, 0) is 9.09 Å². The molecule has 3 nitrogen and oxygen atoms in total. The lowest BCUT2D eigenvalue weighted by Crippen LogP contribution is -2.07. The van der Waals surface area contributed by atoms with E-state index in [-0.39, 0.29) is 13.6 Å². The first-order chi connectivity index (χ1) is 12.6. The molecule has 0 aliphatic heterocycles. The van der Waals surface area contributed by atoms with Gasteiger partial charge in [0.15, 0.2) is 0 Å². The van der Waals surface area contributed by atoms with Crippen molar-refractivity contribution in [2.45, 2.75) is 129 Å². The fraction of sp³-hybridized carbons (Fsp3) is 0.957. The Morgan fingerprint density at radius 2 is 0.889 bits per heavy atom. The molecule has 0 amide bonds. The van der Waals surface area contributed by atoms with Gasteiger partial charge in [-0.2, -0.15) is 0 Å². The van der Waals surface area contributed by atoms with Gasteiger partial charge in [-0.15, -0.1) is 0 Å². The summed E-state index contributed by atoms with van der Waals surface area (Å²) in [6, 6.07) is 0. The normalized spacial score (nSPS) is 13.3. The highest BCUT2D eigenvalue weighted by Gasteiger charge is 2.03. The molecule has 0 saturated heterocycles. The molecule has 1 unspecified atom stereocenters. The molecule has 0 aliphatic carbocycles. The molecule has 4 heteroatoms. The van der Waals surface area contributed by atoms with Gasteiger partial charge in [-0.05, 0) is 6.42 Å². The van der Waals surface area contributed by atoms with E-state index in [4.69, 9.17) is 4.52 Å². The highest BCUT2D eigenvalue weighted by molar-refractivity contribution is 7.51. The third kappa shape index (κ3) is 24.0. The van der Waals surface area contributed by atoms with E-state index in [1.54, 1.807) is 6.92 Å². The van der Waals surface area contributed by atoms with Crippen LogP contribution in [0.15, 0.2) is 0 Å². The average molecular weight is 405 g/mol. The molecule has 0 aliphatic rings. The zero-order valence-corrected chi connectivity index (χ0v) is 19.7. The van der Waals surface area contributed by atoms with Gasteiger partial charge in [0.25, 0.3) is 0 Å². The Bertz CT molecular complexity index is 321. The molecule has 0 aromatic heterocycles. The molecular formula is C23H49O3P. The molecule has 0 spiro atoms. The van der Waals surface area contributed by atoms with E-state index in [0.717, 1.165) is 12.8 Å². The van der Waals surface area contributed by atoms with E-state index in [1.165, 1.54) is 103 Å². The number of rotatable bonds is 21. The van der Waals surface area contributed by atoms with Crippen molar-refractivity contribution in [1.29, 1.82) is 0 Å². The van der Waals surface area contributed by atoms with E-state index in [0.29, 0.717) is 6.61 Å². The van der Waals surface area contributed by atoms with Gasteiger partial charge in [-0.3, -0.25) is 0 Å². The smallest absolute Gasteiger partial charge is 0.134 e. The molecule has 0 radical (unpaired) electrons. The first-order valence-electron chi connectivity index (χ1n) is 11.6. The molecular weight excluding hydrogens is 355 g/mol. The Labute approximate surface area is 171 Å². The molecule has 0 fully saturated rings. The SMILES string of the molecule is CCCCCCCCCCCCCCCCCCCCOP(=O)([O-])CC.[CH3+]. The minimum Gasteiger partial charge on any atom is -0.779 e. The Morgan fingerprint density at radius 3 is 1.19 bits per heavy atom. The van der Waals surface area contributed by atoms with Crippen molar-refractivity contribution in [3.63, 3.8) is 0 Å². The lowest BCUT2D eigenvalue weighted by molar-refractivity contribution is -0.198. The molecule has 0 saturated carbocycles. The molecule has 0 N–H and O–H groups in total. The summed E-state index contributed by atoms with van der Waals surface area (Å²) >= 11 is 0. The minimum absolute atomic E-state index is 0. The van der Waals surface area contributed by atoms with Gasteiger partial charge >= 0.3 is 0 Å². The summed E-state index contributed by atoms with van der Waals surface area (Å²) < 4.78 is 16.1. The summed E-state index contributed by atoms with van der Waals surface area (Å²) in [4.78, 5) is 11.2. The largest absolute Gasteiger partial charge is 0.779 e. The molecule has 0 bridgehead atoms. The van der Waals surface area contributed by atoms with Crippen molar-refractivity contribution < 1.29 is 14.0 Å². The van der Waals surface area contributed by atoms with E-state index >= 15 is 0 Å². The average Bonchev–Trinajstić information content (AvgIpc) is 2.63. The molecule has 0 aromatic carbocycles. The second-order valence-corrected chi connectivity index (χ2v) is 9.88. The van der Waals surface area contributed by atoms with Crippen LogP contribution in [0.1, 0.15) is 129 Å². The van der Waals surface area contributed by atoms with Crippen molar-refractivity contribution in [3.8, 4) is 0 Å². The van der Waals surface area contributed by atoms with E-state index in [2.05, 4.69) is 6.92 Å². The lowest BCUT2D eigenvalue weighted by atomic mass is 10.0. The Kier molecular flexibility index (Phi) is 24.1. The highest BCUT2D eigenvalue weighted by Crippen LogP contribution is 2.35. The van der Waals surface area contributed by atoms with Crippen molar-refractivity contribution in [2.24, 2.45) is 0 Å². The summed E-state index contributed by atoms with van der Waals surface area (Å²) in [5.41, 5.74) is 0. The summed E-state index contributed by atoms with van der Waals surface area (Å²) in [6.45, 7) is 4.28. The number of hydrogen-bond acceptors (Lipinski definition) is 3. The van der Waals surface area contributed by atoms with Gasteiger partial charge in [0.1, 0.15) is 7.60 Å². The zero-order chi connectivity index (χ0) is 19.3. The van der Waals surface area contributed by atoms with E-state index < -0.39 is 7.60 Å². The van der Waals surface area contributed by atoms with Crippen molar-refractivity contribution in [2.75, 3.05) is 12.8 Å². The zero-order valence-electron chi connectivity index (χ0n) is 18.8. The molecule has 164 valence electrons. The van der Waals surface area contributed by atoms with Gasteiger partial charge in [-0.25, -0.2) is 0 Å². The maximum Gasteiger partial charge on any atom is 0.134 e. The van der Waals surface area contributed by atoms with Gasteiger partial charge < -0.3 is 14.0 Å². The van der Waals surface area contributed by atoms with Crippen LogP contribution in [-0.4, -0.2) is 12.8 Å². The monoisotopic (exact) mass is 404 g/mol. The van der Waals surface area contributed by atoms with E-state index in [9.17, 15) is 9.46 Å². The van der Waals surface area contributed by atoms with Crippen molar-refractivity contribution in [3.05, 3.63) is 7.43 Å². The van der Waals surface area contributed by atoms with Crippen molar-refractivity contribution in [1.82, 2.24) is 0 Å². The molecule has 0 heterocycles. The first kappa shape index (κ1) is 29.2. The molecule has 27 heavy (non-hydrogen) atoms. The molecule has 0 aromatic rings. The topological polar surface area (TPSA) is 49.4 Å².